The maximum atomic E-state index is 12.3. The van der Waals surface area contributed by atoms with Crippen LogP contribution in [0.1, 0.15) is 30.4 Å². The van der Waals surface area contributed by atoms with Gasteiger partial charge in [-0.1, -0.05) is 24.3 Å². The molecule has 0 saturated carbocycles. The van der Waals surface area contributed by atoms with Crippen LogP contribution in [0.25, 0.3) is 0 Å². The molecular formula is C16H21NO3. The zero-order valence-electron chi connectivity index (χ0n) is 12.1. The average molecular weight is 275 g/mol. The molecule has 0 aliphatic carbocycles. The molecule has 20 heavy (non-hydrogen) atoms. The summed E-state index contributed by atoms with van der Waals surface area (Å²) in [4.78, 5) is 25.6. The van der Waals surface area contributed by atoms with E-state index in [1.54, 1.807) is 4.90 Å². The van der Waals surface area contributed by atoms with Gasteiger partial charge in [-0.2, -0.15) is 0 Å². The Kier molecular flexibility index (Phi) is 4.77. The van der Waals surface area contributed by atoms with Crippen LogP contribution in [0.3, 0.4) is 0 Å². The van der Waals surface area contributed by atoms with Gasteiger partial charge in [0.15, 0.2) is 0 Å². The van der Waals surface area contributed by atoms with E-state index in [1.807, 2.05) is 31.2 Å². The molecule has 0 aromatic heterocycles. The van der Waals surface area contributed by atoms with Gasteiger partial charge in [0.1, 0.15) is 6.04 Å². The highest BCUT2D eigenvalue weighted by molar-refractivity contribution is 5.85. The average Bonchev–Trinajstić information content (AvgIpc) is 2.94. The molecule has 1 aliphatic rings. The monoisotopic (exact) mass is 275 g/mol. The first-order valence-corrected chi connectivity index (χ1v) is 7.05. The number of likely N-dealkylation sites (tertiary alicyclic amines) is 1. The molecule has 108 valence electrons. The summed E-state index contributed by atoms with van der Waals surface area (Å²) in [5.74, 6) is -0.257. The number of amides is 1. The third-order valence-electron chi connectivity index (χ3n) is 3.92. The van der Waals surface area contributed by atoms with Crippen molar-refractivity contribution in [3.05, 3.63) is 35.4 Å². The molecular weight excluding hydrogens is 254 g/mol. The number of carbonyl (C=O) groups excluding carboxylic acids is 2. The largest absolute Gasteiger partial charge is 0.467 e. The maximum absolute atomic E-state index is 12.3. The number of rotatable bonds is 4. The third-order valence-corrected chi connectivity index (χ3v) is 3.92. The van der Waals surface area contributed by atoms with Gasteiger partial charge in [0.2, 0.25) is 5.91 Å². The van der Waals surface area contributed by atoms with Gasteiger partial charge in [0.05, 0.1) is 7.11 Å². The lowest BCUT2D eigenvalue weighted by Crippen LogP contribution is -2.41. The summed E-state index contributed by atoms with van der Waals surface area (Å²) in [6.07, 6.45) is 2.74. The van der Waals surface area contributed by atoms with Crippen molar-refractivity contribution >= 4 is 11.9 Å². The lowest BCUT2D eigenvalue weighted by Gasteiger charge is -2.22. The summed E-state index contributed by atoms with van der Waals surface area (Å²) < 4.78 is 4.76. The van der Waals surface area contributed by atoms with Crippen molar-refractivity contribution in [2.45, 2.75) is 38.6 Å². The number of nitrogens with zero attached hydrogens (tertiary/aromatic N) is 1. The Balaban J connectivity index is 1.95. The highest BCUT2D eigenvalue weighted by atomic mass is 16.5. The quantitative estimate of drug-likeness (QED) is 0.790. The minimum Gasteiger partial charge on any atom is -0.467 e. The Hall–Kier alpha value is -1.84. The van der Waals surface area contributed by atoms with Gasteiger partial charge < -0.3 is 9.64 Å². The molecule has 4 heteroatoms. The fraction of sp³-hybridized carbons (Fsp3) is 0.500. The highest BCUT2D eigenvalue weighted by Crippen LogP contribution is 2.20. The number of methoxy groups -OCH3 is 1. The van der Waals surface area contributed by atoms with E-state index in [-0.39, 0.29) is 17.9 Å². The van der Waals surface area contributed by atoms with Crippen molar-refractivity contribution in [2.24, 2.45) is 0 Å². The van der Waals surface area contributed by atoms with E-state index in [0.717, 1.165) is 12.8 Å². The van der Waals surface area contributed by atoms with Gasteiger partial charge in [-0.15, -0.1) is 0 Å². The lowest BCUT2D eigenvalue weighted by molar-refractivity contribution is -0.150. The van der Waals surface area contributed by atoms with Crippen molar-refractivity contribution in [1.82, 2.24) is 4.90 Å². The van der Waals surface area contributed by atoms with E-state index >= 15 is 0 Å². The van der Waals surface area contributed by atoms with E-state index in [9.17, 15) is 9.59 Å². The Morgan fingerprint density at radius 2 is 2.10 bits per heavy atom. The fourth-order valence-corrected chi connectivity index (χ4v) is 2.72. The highest BCUT2D eigenvalue weighted by Gasteiger charge is 2.34. The zero-order valence-corrected chi connectivity index (χ0v) is 12.1. The van der Waals surface area contributed by atoms with Crippen LogP contribution >= 0.6 is 0 Å². The molecule has 0 radical (unpaired) electrons. The molecule has 1 fully saturated rings. The zero-order chi connectivity index (χ0) is 14.5. The van der Waals surface area contributed by atoms with Crippen LogP contribution in [0.4, 0.5) is 0 Å². The lowest BCUT2D eigenvalue weighted by atomic mass is 10.0. The second-order valence-electron chi connectivity index (χ2n) is 5.19. The number of carbonyl (C=O) groups is 2. The van der Waals surface area contributed by atoms with Crippen LogP contribution in [-0.2, 0) is 20.7 Å². The maximum Gasteiger partial charge on any atom is 0.328 e. The van der Waals surface area contributed by atoms with E-state index in [2.05, 4.69) is 0 Å². The normalized spacial score (nSPS) is 18.1. The third kappa shape index (κ3) is 3.18. The fourth-order valence-electron chi connectivity index (χ4n) is 2.72. The first-order chi connectivity index (χ1) is 9.63. The Labute approximate surface area is 119 Å². The molecule has 1 atom stereocenters. The molecule has 1 aliphatic heterocycles. The Morgan fingerprint density at radius 3 is 2.80 bits per heavy atom. The Morgan fingerprint density at radius 1 is 1.35 bits per heavy atom. The topological polar surface area (TPSA) is 46.6 Å². The predicted octanol–water partition coefficient (Wildman–Crippen LogP) is 2.09. The van der Waals surface area contributed by atoms with Gasteiger partial charge >= 0.3 is 5.97 Å². The summed E-state index contributed by atoms with van der Waals surface area (Å²) >= 11 is 0. The van der Waals surface area contributed by atoms with Crippen LogP contribution in [-0.4, -0.2) is 36.5 Å². The molecule has 1 amide bonds. The molecule has 0 spiro atoms. The standard InChI is InChI=1S/C16H21NO3/c1-12-6-3-4-7-13(12)9-10-15(18)17-11-5-8-14(17)16(19)20-2/h3-4,6-7,14H,5,8-11H2,1-2H3. The SMILES string of the molecule is COC(=O)C1CCCN1C(=O)CCc1ccccc1C. The molecule has 1 aromatic carbocycles. The summed E-state index contributed by atoms with van der Waals surface area (Å²) in [7, 11) is 1.37. The van der Waals surface area contributed by atoms with Crippen LogP contribution < -0.4 is 0 Å². The number of benzene rings is 1. The Bertz CT molecular complexity index is 498. The predicted molar refractivity (Wildman–Crippen MR) is 76.3 cm³/mol. The molecule has 2 rings (SSSR count). The molecule has 1 unspecified atom stereocenters. The van der Waals surface area contributed by atoms with Gasteiger partial charge in [0.25, 0.3) is 0 Å². The van der Waals surface area contributed by atoms with Crippen LogP contribution in [0, 0.1) is 6.92 Å². The summed E-state index contributed by atoms with van der Waals surface area (Å²) in [6, 6.07) is 7.69. The summed E-state index contributed by atoms with van der Waals surface area (Å²) in [5.41, 5.74) is 2.39. The second kappa shape index (κ2) is 6.55. The van der Waals surface area contributed by atoms with Crippen LogP contribution in [0.5, 0.6) is 0 Å². The first kappa shape index (κ1) is 14.6. The number of aryl methyl sites for hydroxylation is 2. The molecule has 4 nitrogen and oxygen atoms in total. The van der Waals surface area contributed by atoms with Crippen LogP contribution in [0.15, 0.2) is 24.3 Å². The van der Waals surface area contributed by atoms with E-state index in [4.69, 9.17) is 4.74 Å². The van der Waals surface area contributed by atoms with Crippen molar-refractivity contribution in [1.29, 1.82) is 0 Å². The van der Waals surface area contributed by atoms with E-state index < -0.39 is 0 Å². The van der Waals surface area contributed by atoms with Gasteiger partial charge in [-0.25, -0.2) is 4.79 Å². The second-order valence-corrected chi connectivity index (χ2v) is 5.19. The van der Waals surface area contributed by atoms with Gasteiger partial charge in [-0.3, -0.25) is 4.79 Å². The molecule has 1 aromatic rings. The molecule has 1 heterocycles. The first-order valence-electron chi connectivity index (χ1n) is 7.05. The molecule has 0 N–H and O–H groups in total. The number of hydrogen-bond acceptors (Lipinski definition) is 3. The number of hydrogen-bond donors (Lipinski definition) is 0. The summed E-state index contributed by atoms with van der Waals surface area (Å²) in [5, 5.41) is 0. The minimum atomic E-state index is -0.385. The smallest absolute Gasteiger partial charge is 0.328 e. The molecule has 0 bridgehead atoms. The number of ether oxygens (including phenoxy) is 1. The summed E-state index contributed by atoms with van der Waals surface area (Å²) in [6.45, 7) is 2.71. The van der Waals surface area contributed by atoms with Crippen molar-refractivity contribution in [3.8, 4) is 0 Å². The van der Waals surface area contributed by atoms with Gasteiger partial charge in [0, 0.05) is 13.0 Å². The van der Waals surface area contributed by atoms with E-state index in [0.29, 0.717) is 19.4 Å². The van der Waals surface area contributed by atoms with E-state index in [1.165, 1.54) is 18.2 Å². The minimum absolute atomic E-state index is 0.0427. The van der Waals surface area contributed by atoms with Crippen LogP contribution in [0.2, 0.25) is 0 Å². The van der Waals surface area contributed by atoms with Gasteiger partial charge in [-0.05, 0) is 37.3 Å². The molecule has 1 saturated heterocycles. The van der Waals surface area contributed by atoms with Crippen molar-refractivity contribution in [3.63, 3.8) is 0 Å². The number of esters is 1. The van der Waals surface area contributed by atoms with Crippen molar-refractivity contribution < 1.29 is 14.3 Å². The van der Waals surface area contributed by atoms with Crippen molar-refractivity contribution in [2.75, 3.05) is 13.7 Å².